The summed E-state index contributed by atoms with van der Waals surface area (Å²) in [4.78, 5) is 12.7. The molecule has 0 bridgehead atoms. The van der Waals surface area contributed by atoms with Crippen LogP contribution < -0.4 is 20.7 Å². The Morgan fingerprint density at radius 3 is 2.79 bits per heavy atom. The van der Waals surface area contributed by atoms with Gasteiger partial charge in [0.2, 0.25) is 5.95 Å². The third kappa shape index (κ3) is 5.12. The highest BCUT2D eigenvalue weighted by Gasteiger charge is 2.32. The standard InChI is InChI=1S/C20H20F3N9O/c1-25-18-15(12-7-29-32(11-12)20(21,22)23)10-28-19(31-18)30-13-5-17(16(6-24)27-8-13)33-14-3-2-4-26-9-14/h5,7-8,10-11,14,26H,2-4,9H2,1H3,(H2,25,28,30,31)/t14-/m1/s1. The van der Waals surface area contributed by atoms with Gasteiger partial charge in [-0.1, -0.05) is 0 Å². The van der Waals surface area contributed by atoms with Crippen LogP contribution in [0.5, 0.6) is 5.75 Å². The van der Waals surface area contributed by atoms with Crippen molar-refractivity contribution in [1.29, 1.82) is 5.26 Å². The molecule has 1 fully saturated rings. The predicted octanol–water partition coefficient (Wildman–Crippen LogP) is 3.00. The molecule has 13 heteroatoms. The van der Waals surface area contributed by atoms with Gasteiger partial charge in [0.25, 0.3) is 0 Å². The molecule has 0 spiro atoms. The lowest BCUT2D eigenvalue weighted by atomic mass is 10.1. The molecule has 3 N–H and O–H groups in total. The summed E-state index contributed by atoms with van der Waals surface area (Å²) in [5, 5.41) is 21.8. The number of halogens is 3. The second kappa shape index (κ2) is 9.29. The van der Waals surface area contributed by atoms with Gasteiger partial charge >= 0.3 is 6.30 Å². The summed E-state index contributed by atoms with van der Waals surface area (Å²) in [5.41, 5.74) is 1.22. The van der Waals surface area contributed by atoms with E-state index in [1.54, 1.807) is 13.1 Å². The van der Waals surface area contributed by atoms with Crippen molar-refractivity contribution in [3.63, 3.8) is 0 Å². The van der Waals surface area contributed by atoms with Gasteiger partial charge in [-0.2, -0.15) is 20.0 Å². The zero-order chi connectivity index (χ0) is 23.4. The van der Waals surface area contributed by atoms with E-state index in [1.807, 2.05) is 6.07 Å². The maximum atomic E-state index is 12.8. The van der Waals surface area contributed by atoms with Crippen molar-refractivity contribution in [3.05, 3.63) is 36.5 Å². The molecule has 1 aliphatic heterocycles. The van der Waals surface area contributed by atoms with E-state index in [1.165, 1.54) is 12.4 Å². The molecule has 4 heterocycles. The predicted molar refractivity (Wildman–Crippen MR) is 113 cm³/mol. The van der Waals surface area contributed by atoms with Gasteiger partial charge in [0.05, 0.1) is 18.1 Å². The topological polar surface area (TPSA) is 126 Å². The number of nitrogens with zero attached hydrogens (tertiary/aromatic N) is 6. The lowest BCUT2D eigenvalue weighted by Gasteiger charge is -2.24. The van der Waals surface area contributed by atoms with Crippen LogP contribution in [0.3, 0.4) is 0 Å². The van der Waals surface area contributed by atoms with Gasteiger partial charge in [0, 0.05) is 43.2 Å². The fraction of sp³-hybridized carbons (Fsp3) is 0.350. The summed E-state index contributed by atoms with van der Waals surface area (Å²) < 4.78 is 44.4. The molecule has 3 aromatic heterocycles. The van der Waals surface area contributed by atoms with Crippen LogP contribution in [0.25, 0.3) is 11.1 Å². The molecule has 0 unspecified atom stereocenters. The number of hydrogen-bond donors (Lipinski definition) is 3. The van der Waals surface area contributed by atoms with Gasteiger partial charge in [-0.15, -0.1) is 13.2 Å². The summed E-state index contributed by atoms with van der Waals surface area (Å²) >= 11 is 0. The van der Waals surface area contributed by atoms with Crippen LogP contribution in [0.2, 0.25) is 0 Å². The van der Waals surface area contributed by atoms with Gasteiger partial charge < -0.3 is 20.7 Å². The summed E-state index contributed by atoms with van der Waals surface area (Å²) in [6, 6.07) is 3.66. The minimum atomic E-state index is -4.61. The van der Waals surface area contributed by atoms with Crippen LogP contribution in [0.4, 0.5) is 30.6 Å². The smallest absolute Gasteiger partial charge is 0.486 e. The highest BCUT2D eigenvalue weighted by atomic mass is 19.4. The second-order valence-electron chi connectivity index (χ2n) is 7.24. The zero-order valence-electron chi connectivity index (χ0n) is 17.5. The molecule has 0 aliphatic carbocycles. The normalized spacial score (nSPS) is 16.2. The average molecular weight is 459 g/mol. The Labute approximate surface area is 186 Å². The minimum absolute atomic E-state index is 0.0630. The lowest BCUT2D eigenvalue weighted by Crippen LogP contribution is -2.37. The van der Waals surface area contributed by atoms with Crippen LogP contribution in [0.15, 0.2) is 30.9 Å². The van der Waals surface area contributed by atoms with Gasteiger partial charge in [-0.3, -0.25) is 0 Å². The fourth-order valence-corrected chi connectivity index (χ4v) is 3.36. The number of nitriles is 1. The third-order valence-electron chi connectivity index (χ3n) is 4.94. The summed E-state index contributed by atoms with van der Waals surface area (Å²) in [6.07, 6.45) is 1.97. The average Bonchev–Trinajstić information content (AvgIpc) is 3.31. The highest BCUT2D eigenvalue weighted by Crippen LogP contribution is 2.30. The Hall–Kier alpha value is -3.92. The number of ether oxygens (including phenoxy) is 1. The summed E-state index contributed by atoms with van der Waals surface area (Å²) in [7, 11) is 1.59. The first-order valence-electron chi connectivity index (χ1n) is 10.1. The number of nitrogens with one attached hydrogen (secondary N) is 3. The van der Waals surface area contributed by atoms with Crippen molar-refractivity contribution in [1.82, 2.24) is 30.0 Å². The molecule has 3 aromatic rings. The number of pyridine rings is 1. The number of rotatable bonds is 6. The van der Waals surface area contributed by atoms with E-state index in [2.05, 4.69) is 36.0 Å². The van der Waals surface area contributed by atoms with Crippen molar-refractivity contribution in [2.45, 2.75) is 25.2 Å². The third-order valence-corrected chi connectivity index (χ3v) is 4.94. The first-order valence-corrected chi connectivity index (χ1v) is 10.1. The summed E-state index contributed by atoms with van der Waals surface area (Å²) in [5.74, 6) is 0.838. The van der Waals surface area contributed by atoms with E-state index in [0.717, 1.165) is 31.8 Å². The van der Waals surface area contributed by atoms with E-state index in [0.29, 0.717) is 29.4 Å². The Bertz CT molecular complexity index is 1170. The molecule has 0 radical (unpaired) electrons. The van der Waals surface area contributed by atoms with Crippen molar-refractivity contribution in [2.24, 2.45) is 0 Å². The molecule has 10 nitrogen and oxygen atoms in total. The van der Waals surface area contributed by atoms with Gasteiger partial charge in [0.15, 0.2) is 11.4 Å². The zero-order valence-corrected chi connectivity index (χ0v) is 17.5. The second-order valence-corrected chi connectivity index (χ2v) is 7.24. The Morgan fingerprint density at radius 2 is 2.12 bits per heavy atom. The fourth-order valence-electron chi connectivity index (χ4n) is 3.36. The van der Waals surface area contributed by atoms with E-state index in [9.17, 15) is 18.4 Å². The number of alkyl halides is 3. The number of aromatic nitrogens is 5. The van der Waals surface area contributed by atoms with Crippen LogP contribution in [-0.4, -0.2) is 51.0 Å². The molecule has 0 aromatic carbocycles. The van der Waals surface area contributed by atoms with E-state index in [-0.39, 0.29) is 28.0 Å². The van der Waals surface area contributed by atoms with Gasteiger partial charge in [-0.05, 0) is 19.4 Å². The molecular weight excluding hydrogens is 439 g/mol. The Balaban J connectivity index is 1.56. The van der Waals surface area contributed by atoms with Crippen LogP contribution >= 0.6 is 0 Å². The van der Waals surface area contributed by atoms with Crippen LogP contribution in [0, 0.1) is 11.3 Å². The lowest BCUT2D eigenvalue weighted by molar-refractivity contribution is -0.212. The molecule has 1 atom stereocenters. The maximum Gasteiger partial charge on any atom is 0.504 e. The largest absolute Gasteiger partial charge is 0.504 e. The molecular formula is C20H20F3N9O. The molecule has 0 amide bonds. The van der Waals surface area contributed by atoms with Crippen molar-refractivity contribution >= 4 is 17.5 Å². The molecule has 0 saturated carbocycles. The van der Waals surface area contributed by atoms with E-state index in [4.69, 9.17) is 4.74 Å². The monoisotopic (exact) mass is 459 g/mol. The highest BCUT2D eigenvalue weighted by molar-refractivity contribution is 5.74. The van der Waals surface area contributed by atoms with Gasteiger partial charge in [0.1, 0.15) is 18.0 Å². The van der Waals surface area contributed by atoms with E-state index >= 15 is 0 Å². The van der Waals surface area contributed by atoms with Crippen molar-refractivity contribution < 1.29 is 17.9 Å². The molecule has 172 valence electrons. The maximum absolute atomic E-state index is 12.8. The Kier molecular flexibility index (Phi) is 6.27. The SMILES string of the molecule is CNc1nc(Nc2cnc(C#N)c(O[C@@H]3CCCNC3)c2)ncc1-c1cnn(C(F)(F)F)c1. The van der Waals surface area contributed by atoms with Crippen molar-refractivity contribution in [3.8, 4) is 22.9 Å². The molecule has 1 saturated heterocycles. The van der Waals surface area contributed by atoms with E-state index < -0.39 is 6.30 Å². The molecule has 4 rings (SSSR count). The van der Waals surface area contributed by atoms with Crippen molar-refractivity contribution in [2.75, 3.05) is 30.8 Å². The quantitative estimate of drug-likeness (QED) is 0.510. The first kappa shape index (κ1) is 22.3. The van der Waals surface area contributed by atoms with Crippen LogP contribution in [-0.2, 0) is 6.30 Å². The summed E-state index contributed by atoms with van der Waals surface area (Å²) in [6.45, 7) is 1.62. The number of anilines is 3. The number of hydrogen-bond acceptors (Lipinski definition) is 9. The first-order chi connectivity index (χ1) is 15.9. The van der Waals surface area contributed by atoms with Gasteiger partial charge in [-0.25, -0.2) is 9.97 Å². The van der Waals surface area contributed by atoms with Crippen LogP contribution in [0.1, 0.15) is 18.5 Å². The molecule has 33 heavy (non-hydrogen) atoms. The number of piperidine rings is 1. The minimum Gasteiger partial charge on any atom is -0.486 e. The Morgan fingerprint density at radius 1 is 1.27 bits per heavy atom. The molecule has 1 aliphatic rings.